The molecule has 1 aromatic heterocycles. The third-order valence-corrected chi connectivity index (χ3v) is 2.50. The first-order chi connectivity index (χ1) is 11.5. The number of nitrogens with two attached hydrogens (primary N) is 1. The van der Waals surface area contributed by atoms with Crippen molar-refractivity contribution in [2.24, 2.45) is 5.73 Å². The summed E-state index contributed by atoms with van der Waals surface area (Å²) >= 11 is 0. The molecule has 1 aromatic carbocycles. The fraction of sp³-hybridized carbons (Fsp3) is 0.353. The lowest BCUT2D eigenvalue weighted by atomic mass is 10.1. The molecule has 0 saturated heterocycles. The topological polar surface area (TPSA) is 80.9 Å². The number of hydrogen-bond acceptors (Lipinski definition) is 4. The van der Waals surface area contributed by atoms with Crippen molar-refractivity contribution in [3.8, 4) is 0 Å². The Hall–Kier alpha value is -2.48. The van der Waals surface area contributed by atoms with Gasteiger partial charge in [0.25, 0.3) is 5.91 Å². The average molecular weight is 354 g/mol. The quantitative estimate of drug-likeness (QED) is 0.887. The van der Waals surface area contributed by atoms with Crippen LogP contribution in [0.15, 0.2) is 42.9 Å². The predicted molar refractivity (Wildman–Crippen MR) is 88.6 cm³/mol. The standard InChI is InChI=1S/C13H10F3N3O.C4H11N/c14-13(15,16)10-3-1-2-9(6-10)7-19-12(20)11-8-17-4-5-18-11;1-4(2,3)5/h1-6,8H,7H2,(H,19,20);5H2,1-3H3. The first-order valence-corrected chi connectivity index (χ1v) is 7.46. The van der Waals surface area contributed by atoms with Gasteiger partial charge < -0.3 is 11.1 Å². The number of halogens is 3. The van der Waals surface area contributed by atoms with Gasteiger partial charge in [0, 0.05) is 24.5 Å². The molecule has 0 aliphatic heterocycles. The van der Waals surface area contributed by atoms with Crippen LogP contribution < -0.4 is 11.1 Å². The van der Waals surface area contributed by atoms with E-state index >= 15 is 0 Å². The van der Waals surface area contributed by atoms with Gasteiger partial charge in [-0.3, -0.25) is 9.78 Å². The molecule has 0 bridgehead atoms. The molecule has 2 rings (SSSR count). The number of carbonyl (C=O) groups is 1. The molecule has 0 atom stereocenters. The highest BCUT2D eigenvalue weighted by molar-refractivity contribution is 5.91. The minimum absolute atomic E-state index is 0. The number of alkyl halides is 3. The van der Waals surface area contributed by atoms with E-state index in [1.54, 1.807) is 0 Å². The molecule has 136 valence electrons. The van der Waals surface area contributed by atoms with Crippen LogP contribution in [0.5, 0.6) is 0 Å². The number of amides is 1. The molecule has 25 heavy (non-hydrogen) atoms. The van der Waals surface area contributed by atoms with Crippen LogP contribution in [0.3, 0.4) is 0 Å². The summed E-state index contributed by atoms with van der Waals surface area (Å²) in [5.41, 5.74) is 5.08. The minimum atomic E-state index is -4.40. The van der Waals surface area contributed by atoms with Gasteiger partial charge in [-0.2, -0.15) is 13.2 Å². The number of rotatable bonds is 3. The number of benzene rings is 1. The number of nitrogens with one attached hydrogen (secondary N) is 1. The zero-order valence-corrected chi connectivity index (χ0v) is 14.3. The molecule has 0 saturated carbocycles. The number of nitrogens with zero attached hydrogens (tertiary/aromatic N) is 2. The van der Waals surface area contributed by atoms with E-state index in [0.29, 0.717) is 5.56 Å². The highest BCUT2D eigenvalue weighted by atomic mass is 19.4. The molecule has 0 unspecified atom stereocenters. The first-order valence-electron chi connectivity index (χ1n) is 7.46. The summed E-state index contributed by atoms with van der Waals surface area (Å²) < 4.78 is 37.6. The van der Waals surface area contributed by atoms with Crippen molar-refractivity contribution in [3.05, 3.63) is 59.7 Å². The lowest BCUT2D eigenvalue weighted by Gasteiger charge is -2.09. The molecule has 0 aliphatic rings. The van der Waals surface area contributed by atoms with Crippen molar-refractivity contribution in [1.29, 1.82) is 0 Å². The van der Waals surface area contributed by atoms with E-state index in [1.807, 2.05) is 20.8 Å². The summed E-state index contributed by atoms with van der Waals surface area (Å²) in [5, 5.41) is 2.49. The molecular formula is C17H21F3N4O. The third-order valence-electron chi connectivity index (χ3n) is 2.50. The maximum absolute atomic E-state index is 12.5. The number of carbonyl (C=O) groups excluding carboxylic acids is 1. The Bertz CT molecular complexity index is 676. The van der Waals surface area contributed by atoms with E-state index in [-0.39, 0.29) is 17.8 Å². The van der Waals surface area contributed by atoms with Crippen LogP contribution in [0, 0.1) is 0 Å². The van der Waals surface area contributed by atoms with Crippen molar-refractivity contribution in [3.63, 3.8) is 0 Å². The minimum Gasteiger partial charge on any atom is -0.347 e. The summed E-state index contributed by atoms with van der Waals surface area (Å²) in [7, 11) is 0. The molecular weight excluding hydrogens is 333 g/mol. The molecule has 0 spiro atoms. The van der Waals surface area contributed by atoms with Gasteiger partial charge in [0.15, 0.2) is 0 Å². The van der Waals surface area contributed by atoms with Gasteiger partial charge in [0.2, 0.25) is 0 Å². The Morgan fingerprint density at radius 3 is 2.36 bits per heavy atom. The summed E-state index contributed by atoms with van der Waals surface area (Å²) in [6, 6.07) is 4.78. The first kappa shape index (κ1) is 20.6. The second-order valence-corrected chi connectivity index (χ2v) is 6.34. The Labute approximate surface area is 144 Å². The summed E-state index contributed by atoms with van der Waals surface area (Å²) in [6.07, 6.45) is -0.338. The van der Waals surface area contributed by atoms with Crippen LogP contribution in [0.1, 0.15) is 42.4 Å². The van der Waals surface area contributed by atoms with Gasteiger partial charge in [0.05, 0.1) is 11.8 Å². The molecule has 3 N–H and O–H groups in total. The maximum atomic E-state index is 12.5. The van der Waals surface area contributed by atoms with E-state index in [9.17, 15) is 18.0 Å². The molecule has 1 amide bonds. The van der Waals surface area contributed by atoms with Crippen LogP contribution in [-0.2, 0) is 12.7 Å². The van der Waals surface area contributed by atoms with Gasteiger partial charge in [-0.25, -0.2) is 4.98 Å². The van der Waals surface area contributed by atoms with Gasteiger partial charge >= 0.3 is 6.18 Å². The van der Waals surface area contributed by atoms with Gasteiger partial charge in [-0.1, -0.05) is 12.1 Å². The maximum Gasteiger partial charge on any atom is 0.416 e. The lowest BCUT2D eigenvalue weighted by Crippen LogP contribution is -2.26. The Morgan fingerprint density at radius 1 is 1.20 bits per heavy atom. The molecule has 0 aliphatic carbocycles. The fourth-order valence-corrected chi connectivity index (χ4v) is 1.55. The molecule has 0 radical (unpaired) electrons. The van der Waals surface area contributed by atoms with Crippen LogP contribution >= 0.6 is 0 Å². The van der Waals surface area contributed by atoms with Crippen molar-refractivity contribution < 1.29 is 18.0 Å². The van der Waals surface area contributed by atoms with E-state index < -0.39 is 17.6 Å². The molecule has 0 fully saturated rings. The third kappa shape index (κ3) is 8.80. The van der Waals surface area contributed by atoms with Crippen molar-refractivity contribution in [1.82, 2.24) is 15.3 Å². The van der Waals surface area contributed by atoms with Crippen molar-refractivity contribution >= 4 is 5.91 Å². The summed E-state index contributed by atoms with van der Waals surface area (Å²) in [5.74, 6) is -0.490. The summed E-state index contributed by atoms with van der Waals surface area (Å²) in [4.78, 5) is 19.2. The second-order valence-electron chi connectivity index (χ2n) is 6.34. The van der Waals surface area contributed by atoms with Gasteiger partial charge in [0.1, 0.15) is 5.69 Å². The van der Waals surface area contributed by atoms with E-state index in [0.717, 1.165) is 12.1 Å². The van der Waals surface area contributed by atoms with Crippen molar-refractivity contribution in [2.75, 3.05) is 0 Å². The van der Waals surface area contributed by atoms with Crippen LogP contribution in [0.2, 0.25) is 0 Å². The molecule has 8 heteroatoms. The smallest absolute Gasteiger partial charge is 0.347 e. The Morgan fingerprint density at radius 2 is 1.84 bits per heavy atom. The highest BCUT2D eigenvalue weighted by Gasteiger charge is 2.30. The van der Waals surface area contributed by atoms with Crippen molar-refractivity contribution in [2.45, 2.75) is 39.0 Å². The van der Waals surface area contributed by atoms with Gasteiger partial charge in [-0.05, 0) is 38.5 Å². The van der Waals surface area contributed by atoms with Gasteiger partial charge in [-0.15, -0.1) is 0 Å². The predicted octanol–water partition coefficient (Wildman–Crippen LogP) is 3.17. The second kappa shape index (κ2) is 8.57. The van der Waals surface area contributed by atoms with E-state index in [4.69, 9.17) is 5.73 Å². The zero-order valence-electron chi connectivity index (χ0n) is 14.3. The summed E-state index contributed by atoms with van der Waals surface area (Å²) in [6.45, 7) is 5.88. The fourth-order valence-electron chi connectivity index (χ4n) is 1.55. The average Bonchev–Trinajstić information content (AvgIpc) is 2.51. The van der Waals surface area contributed by atoms with E-state index in [2.05, 4.69) is 15.3 Å². The number of aromatic nitrogens is 2. The largest absolute Gasteiger partial charge is 0.416 e. The van der Waals surface area contributed by atoms with E-state index in [1.165, 1.54) is 30.7 Å². The molecule has 5 nitrogen and oxygen atoms in total. The zero-order chi connectivity index (χ0) is 19.1. The van der Waals surface area contributed by atoms with Crippen LogP contribution in [-0.4, -0.2) is 21.4 Å². The Balaban J connectivity index is 0.000000550. The highest BCUT2D eigenvalue weighted by Crippen LogP contribution is 2.29. The SMILES string of the molecule is CC(C)(C)N.O=C(NCc1cccc(C(F)(F)F)c1)c1cnccn1. The molecule has 1 heterocycles. The van der Waals surface area contributed by atoms with Crippen LogP contribution in [0.25, 0.3) is 0 Å². The number of hydrogen-bond donors (Lipinski definition) is 2. The monoisotopic (exact) mass is 354 g/mol. The lowest BCUT2D eigenvalue weighted by molar-refractivity contribution is -0.137. The molecule has 2 aromatic rings. The normalized spacial score (nSPS) is 11.3. The van der Waals surface area contributed by atoms with Crippen LogP contribution in [0.4, 0.5) is 13.2 Å². The Kier molecular flexibility index (Phi) is 7.05.